The maximum atomic E-state index is 11.9. The normalized spacial score (nSPS) is 14.2. The van der Waals surface area contributed by atoms with Gasteiger partial charge in [-0.1, -0.05) is 33.8 Å². The molecule has 1 aliphatic rings. The lowest BCUT2D eigenvalue weighted by molar-refractivity contribution is -0.140. The monoisotopic (exact) mass is 362 g/mol. The van der Waals surface area contributed by atoms with Gasteiger partial charge in [0.05, 0.1) is 30.8 Å². The lowest BCUT2D eigenvalue weighted by atomic mass is 9.90. The van der Waals surface area contributed by atoms with E-state index < -0.39 is 17.3 Å². The van der Waals surface area contributed by atoms with Gasteiger partial charge in [0.15, 0.2) is 0 Å². The summed E-state index contributed by atoms with van der Waals surface area (Å²) < 4.78 is 5.75. The van der Waals surface area contributed by atoms with E-state index in [9.17, 15) is 14.4 Å². The molecule has 3 N–H and O–H groups in total. The highest BCUT2D eigenvalue weighted by Crippen LogP contribution is 2.27. The molecule has 7 heteroatoms. The number of rotatable bonds is 9. The molecule has 0 spiro atoms. The number of carbonyl (C=O) groups excluding carboxylic acids is 2. The van der Waals surface area contributed by atoms with Crippen LogP contribution in [-0.2, 0) is 9.53 Å². The van der Waals surface area contributed by atoms with Crippen LogP contribution >= 0.6 is 0 Å². The van der Waals surface area contributed by atoms with Crippen LogP contribution in [0.15, 0.2) is 18.2 Å². The Morgan fingerprint density at radius 2 is 1.77 bits per heavy atom. The van der Waals surface area contributed by atoms with Gasteiger partial charge in [-0.2, -0.15) is 0 Å². The Morgan fingerprint density at radius 1 is 1.12 bits per heavy atom. The van der Waals surface area contributed by atoms with Gasteiger partial charge in [0.1, 0.15) is 0 Å². The van der Waals surface area contributed by atoms with Gasteiger partial charge in [-0.25, -0.2) is 0 Å². The van der Waals surface area contributed by atoms with Gasteiger partial charge >= 0.3 is 5.97 Å². The summed E-state index contributed by atoms with van der Waals surface area (Å²) in [5, 5.41) is 14.4. The van der Waals surface area contributed by atoms with Gasteiger partial charge in [0, 0.05) is 17.6 Å². The smallest absolute Gasteiger partial charge is 0.303 e. The lowest BCUT2D eigenvalue weighted by Gasteiger charge is -2.29. The Kier molecular flexibility index (Phi) is 5.71. The van der Waals surface area contributed by atoms with Gasteiger partial charge < -0.3 is 15.2 Å². The SMILES string of the molecule is CC(C)(CNc1cccc2c1C(=O)NC2=O)COCC(C)(C)CC(=O)O. The molecule has 0 bridgehead atoms. The molecule has 26 heavy (non-hydrogen) atoms. The zero-order valence-corrected chi connectivity index (χ0v) is 15.6. The minimum absolute atomic E-state index is 0.0466. The van der Waals surface area contributed by atoms with Crippen LogP contribution in [0.5, 0.6) is 0 Å². The van der Waals surface area contributed by atoms with E-state index in [1.807, 2.05) is 27.7 Å². The quantitative estimate of drug-likeness (QED) is 0.583. The third kappa shape index (κ3) is 5.05. The van der Waals surface area contributed by atoms with E-state index in [2.05, 4.69) is 10.6 Å². The van der Waals surface area contributed by atoms with Crippen LogP contribution in [0, 0.1) is 10.8 Å². The summed E-state index contributed by atoms with van der Waals surface area (Å²) in [4.78, 5) is 34.5. The average molecular weight is 362 g/mol. The molecule has 1 heterocycles. The van der Waals surface area contributed by atoms with Crippen LogP contribution < -0.4 is 10.6 Å². The Bertz CT molecular complexity index is 725. The molecular weight excluding hydrogens is 336 g/mol. The molecule has 0 unspecified atom stereocenters. The van der Waals surface area contributed by atoms with Crippen LogP contribution in [0.2, 0.25) is 0 Å². The predicted molar refractivity (Wildman–Crippen MR) is 97.4 cm³/mol. The van der Waals surface area contributed by atoms with E-state index in [1.165, 1.54) is 0 Å². The molecule has 2 amide bonds. The number of carbonyl (C=O) groups is 3. The topological polar surface area (TPSA) is 105 Å². The molecule has 7 nitrogen and oxygen atoms in total. The van der Waals surface area contributed by atoms with Crippen molar-refractivity contribution in [2.24, 2.45) is 10.8 Å². The van der Waals surface area contributed by atoms with Crippen molar-refractivity contribution in [1.29, 1.82) is 0 Å². The van der Waals surface area contributed by atoms with Crippen molar-refractivity contribution in [3.63, 3.8) is 0 Å². The molecular formula is C19H26N2O5. The zero-order chi connectivity index (χ0) is 19.5. The number of aliphatic carboxylic acids is 1. The first-order valence-electron chi connectivity index (χ1n) is 8.53. The number of hydrogen-bond acceptors (Lipinski definition) is 5. The first-order valence-corrected chi connectivity index (χ1v) is 8.53. The van der Waals surface area contributed by atoms with E-state index in [4.69, 9.17) is 9.84 Å². The van der Waals surface area contributed by atoms with Crippen molar-refractivity contribution in [2.75, 3.05) is 25.1 Å². The maximum absolute atomic E-state index is 11.9. The van der Waals surface area contributed by atoms with Gasteiger partial charge in [-0.05, 0) is 17.5 Å². The average Bonchev–Trinajstić information content (AvgIpc) is 2.79. The summed E-state index contributed by atoms with van der Waals surface area (Å²) in [5.74, 6) is -1.61. The summed E-state index contributed by atoms with van der Waals surface area (Å²) in [6.07, 6.45) is 0.0466. The van der Waals surface area contributed by atoms with Gasteiger partial charge in [-0.3, -0.25) is 19.7 Å². The fourth-order valence-electron chi connectivity index (χ4n) is 2.82. The third-order valence-electron chi connectivity index (χ3n) is 4.14. The summed E-state index contributed by atoms with van der Waals surface area (Å²) in [7, 11) is 0. The number of carboxylic acids is 1. The largest absolute Gasteiger partial charge is 0.481 e. The Labute approximate surface area is 153 Å². The second kappa shape index (κ2) is 7.45. The summed E-state index contributed by atoms with van der Waals surface area (Å²) in [5.41, 5.74) is 0.682. The number of ether oxygens (including phenoxy) is 1. The van der Waals surface area contributed by atoms with Crippen molar-refractivity contribution in [2.45, 2.75) is 34.1 Å². The molecule has 0 aliphatic carbocycles. The fourth-order valence-corrected chi connectivity index (χ4v) is 2.82. The highest BCUT2D eigenvalue weighted by molar-refractivity contribution is 6.23. The standard InChI is InChI=1S/C19H26N2O5/c1-18(2,8-14(22)23)10-26-11-19(3,4)9-20-13-7-5-6-12-15(13)17(25)21-16(12)24/h5-7,20H,8-11H2,1-4H3,(H,22,23)(H,21,24,25). The molecule has 0 radical (unpaired) electrons. The number of benzene rings is 1. The van der Waals surface area contributed by atoms with Crippen molar-refractivity contribution in [3.05, 3.63) is 29.3 Å². The minimum atomic E-state index is -0.842. The summed E-state index contributed by atoms with van der Waals surface area (Å²) in [6, 6.07) is 5.13. The second-order valence-electron chi connectivity index (χ2n) is 8.26. The molecule has 0 aromatic heterocycles. The molecule has 1 aliphatic heterocycles. The molecule has 0 saturated carbocycles. The minimum Gasteiger partial charge on any atom is -0.481 e. The lowest BCUT2D eigenvalue weighted by Crippen LogP contribution is -2.32. The van der Waals surface area contributed by atoms with E-state index in [0.717, 1.165) is 0 Å². The van der Waals surface area contributed by atoms with Crippen LogP contribution in [0.25, 0.3) is 0 Å². The highest BCUT2D eigenvalue weighted by atomic mass is 16.5. The molecule has 142 valence electrons. The fraction of sp³-hybridized carbons (Fsp3) is 0.526. The maximum Gasteiger partial charge on any atom is 0.303 e. The first-order chi connectivity index (χ1) is 12.0. The van der Waals surface area contributed by atoms with Crippen molar-refractivity contribution < 1.29 is 24.2 Å². The number of hydrogen-bond donors (Lipinski definition) is 3. The van der Waals surface area contributed by atoms with Gasteiger partial charge in [0.2, 0.25) is 0 Å². The number of nitrogens with one attached hydrogen (secondary N) is 2. The molecule has 1 aromatic carbocycles. The summed E-state index contributed by atoms with van der Waals surface area (Å²) >= 11 is 0. The Morgan fingerprint density at radius 3 is 2.42 bits per heavy atom. The van der Waals surface area contributed by atoms with Crippen LogP contribution in [0.4, 0.5) is 5.69 Å². The zero-order valence-electron chi connectivity index (χ0n) is 15.6. The van der Waals surface area contributed by atoms with Crippen molar-refractivity contribution >= 4 is 23.5 Å². The third-order valence-corrected chi connectivity index (χ3v) is 4.14. The van der Waals surface area contributed by atoms with Crippen LogP contribution in [0.3, 0.4) is 0 Å². The number of anilines is 1. The molecule has 0 fully saturated rings. The Balaban J connectivity index is 1.92. The van der Waals surface area contributed by atoms with E-state index >= 15 is 0 Å². The predicted octanol–water partition coefficient (Wildman–Crippen LogP) is 2.53. The van der Waals surface area contributed by atoms with Gasteiger partial charge in [0.25, 0.3) is 11.8 Å². The van der Waals surface area contributed by atoms with Crippen molar-refractivity contribution in [1.82, 2.24) is 5.32 Å². The van der Waals surface area contributed by atoms with Crippen LogP contribution in [-0.4, -0.2) is 42.6 Å². The molecule has 0 saturated heterocycles. The number of fused-ring (bicyclic) bond motifs is 1. The van der Waals surface area contributed by atoms with E-state index in [-0.39, 0.29) is 17.7 Å². The van der Waals surface area contributed by atoms with Gasteiger partial charge in [-0.15, -0.1) is 0 Å². The highest BCUT2D eigenvalue weighted by Gasteiger charge is 2.30. The Hall–Kier alpha value is -2.41. The second-order valence-corrected chi connectivity index (χ2v) is 8.26. The van der Waals surface area contributed by atoms with Crippen molar-refractivity contribution in [3.8, 4) is 0 Å². The number of amides is 2. The summed E-state index contributed by atoms with van der Waals surface area (Å²) in [6.45, 7) is 9.05. The van der Waals surface area contributed by atoms with E-state index in [1.54, 1.807) is 18.2 Å². The number of imide groups is 1. The molecule has 2 rings (SSSR count). The molecule has 0 atom stereocenters. The first kappa shape index (κ1) is 19.9. The van der Waals surface area contributed by atoms with E-state index in [0.29, 0.717) is 36.6 Å². The molecule has 1 aromatic rings. The number of carboxylic acid groups (broad SMARTS) is 1. The van der Waals surface area contributed by atoms with Crippen LogP contribution in [0.1, 0.15) is 54.8 Å².